The zero-order valence-electron chi connectivity index (χ0n) is 10.6. The first kappa shape index (κ1) is 13.9. The van der Waals surface area contributed by atoms with Gasteiger partial charge in [0.05, 0.1) is 31.4 Å². The standard InChI is InChI=1S/C13H15ClN2O3/c1-18-12-7-9(6-10(14)13(12)17)11(8-15)16-2-4-19-5-3-16/h6-7,11,17H,2-5H2,1H3/t11-/m1/s1. The van der Waals surface area contributed by atoms with Crippen LogP contribution in [0.15, 0.2) is 12.1 Å². The summed E-state index contributed by atoms with van der Waals surface area (Å²) in [4.78, 5) is 2.02. The summed E-state index contributed by atoms with van der Waals surface area (Å²) >= 11 is 5.96. The van der Waals surface area contributed by atoms with E-state index in [4.69, 9.17) is 21.1 Å². The van der Waals surface area contributed by atoms with Crippen LogP contribution in [0.4, 0.5) is 0 Å². The fourth-order valence-electron chi connectivity index (χ4n) is 2.11. The van der Waals surface area contributed by atoms with E-state index in [-0.39, 0.29) is 16.5 Å². The molecule has 1 aliphatic heterocycles. The summed E-state index contributed by atoms with van der Waals surface area (Å²) in [7, 11) is 1.45. The molecule has 1 aromatic carbocycles. The predicted molar refractivity (Wildman–Crippen MR) is 70.4 cm³/mol. The number of phenols is 1. The second-order valence-corrected chi connectivity index (χ2v) is 4.64. The van der Waals surface area contributed by atoms with Crippen LogP contribution in [0.25, 0.3) is 0 Å². The lowest BCUT2D eigenvalue weighted by Crippen LogP contribution is -2.38. The van der Waals surface area contributed by atoms with Crippen molar-refractivity contribution in [1.82, 2.24) is 4.90 Å². The van der Waals surface area contributed by atoms with Crippen molar-refractivity contribution in [3.05, 3.63) is 22.7 Å². The molecule has 1 saturated heterocycles. The van der Waals surface area contributed by atoms with E-state index in [2.05, 4.69) is 6.07 Å². The summed E-state index contributed by atoms with van der Waals surface area (Å²) in [6, 6.07) is 5.08. The van der Waals surface area contributed by atoms with Crippen LogP contribution in [0.1, 0.15) is 11.6 Å². The highest BCUT2D eigenvalue weighted by atomic mass is 35.5. The average Bonchev–Trinajstić information content (AvgIpc) is 2.44. The molecule has 19 heavy (non-hydrogen) atoms. The molecule has 0 unspecified atom stereocenters. The van der Waals surface area contributed by atoms with Gasteiger partial charge in [-0.3, -0.25) is 4.90 Å². The number of nitriles is 1. The van der Waals surface area contributed by atoms with Crippen molar-refractivity contribution in [2.45, 2.75) is 6.04 Å². The van der Waals surface area contributed by atoms with E-state index in [1.165, 1.54) is 7.11 Å². The van der Waals surface area contributed by atoms with Crippen LogP contribution in [0.5, 0.6) is 11.5 Å². The number of morpholine rings is 1. The highest BCUT2D eigenvalue weighted by molar-refractivity contribution is 6.32. The zero-order chi connectivity index (χ0) is 13.8. The summed E-state index contributed by atoms with van der Waals surface area (Å²) < 4.78 is 10.3. The van der Waals surface area contributed by atoms with Gasteiger partial charge in [-0.1, -0.05) is 11.6 Å². The first-order chi connectivity index (χ1) is 9.17. The molecule has 1 N–H and O–H groups in total. The molecular weight excluding hydrogens is 268 g/mol. The van der Waals surface area contributed by atoms with E-state index in [9.17, 15) is 10.4 Å². The molecule has 0 spiro atoms. The number of benzene rings is 1. The van der Waals surface area contributed by atoms with Crippen molar-refractivity contribution >= 4 is 11.6 Å². The third-order valence-corrected chi connectivity index (χ3v) is 3.41. The second-order valence-electron chi connectivity index (χ2n) is 4.23. The van der Waals surface area contributed by atoms with Gasteiger partial charge in [-0.25, -0.2) is 0 Å². The molecule has 0 radical (unpaired) electrons. The van der Waals surface area contributed by atoms with Crippen LogP contribution in [0, 0.1) is 11.3 Å². The van der Waals surface area contributed by atoms with Gasteiger partial charge < -0.3 is 14.6 Å². The Kier molecular flexibility index (Phi) is 4.48. The molecule has 0 aromatic heterocycles. The largest absolute Gasteiger partial charge is 0.503 e. The average molecular weight is 283 g/mol. The second kappa shape index (κ2) is 6.11. The number of hydrogen-bond acceptors (Lipinski definition) is 5. The molecule has 1 atom stereocenters. The van der Waals surface area contributed by atoms with E-state index in [0.29, 0.717) is 31.9 Å². The van der Waals surface area contributed by atoms with E-state index in [1.807, 2.05) is 4.90 Å². The summed E-state index contributed by atoms with van der Waals surface area (Å²) in [5.74, 6) is 0.169. The quantitative estimate of drug-likeness (QED) is 0.918. The topological polar surface area (TPSA) is 65.7 Å². The Morgan fingerprint density at radius 3 is 2.74 bits per heavy atom. The molecular formula is C13H15ClN2O3. The third-order valence-electron chi connectivity index (χ3n) is 3.12. The minimum atomic E-state index is -0.420. The third kappa shape index (κ3) is 2.92. The summed E-state index contributed by atoms with van der Waals surface area (Å²) in [5.41, 5.74) is 0.712. The molecule has 1 aromatic rings. The van der Waals surface area contributed by atoms with Gasteiger partial charge in [0.2, 0.25) is 0 Å². The first-order valence-corrected chi connectivity index (χ1v) is 6.33. The monoisotopic (exact) mass is 282 g/mol. The normalized spacial score (nSPS) is 17.7. The maximum Gasteiger partial charge on any atom is 0.176 e. The molecule has 102 valence electrons. The molecule has 1 aliphatic rings. The Hall–Kier alpha value is -1.48. The molecule has 2 rings (SSSR count). The van der Waals surface area contributed by atoms with Crippen molar-refractivity contribution < 1.29 is 14.6 Å². The van der Waals surface area contributed by atoms with E-state index in [1.54, 1.807) is 12.1 Å². The maximum atomic E-state index is 9.71. The van der Waals surface area contributed by atoms with Crippen molar-refractivity contribution in [2.24, 2.45) is 0 Å². The maximum absolute atomic E-state index is 9.71. The molecule has 0 saturated carbocycles. The van der Waals surface area contributed by atoms with Gasteiger partial charge in [0.15, 0.2) is 11.5 Å². The lowest BCUT2D eigenvalue weighted by molar-refractivity contribution is 0.0266. The molecule has 0 amide bonds. The first-order valence-electron chi connectivity index (χ1n) is 5.95. The summed E-state index contributed by atoms with van der Waals surface area (Å²) in [6.07, 6.45) is 0. The molecule has 0 aliphatic carbocycles. The lowest BCUT2D eigenvalue weighted by Gasteiger charge is -2.30. The summed E-state index contributed by atoms with van der Waals surface area (Å²) in [6.45, 7) is 2.61. The van der Waals surface area contributed by atoms with Crippen LogP contribution in [-0.2, 0) is 4.74 Å². The molecule has 1 fully saturated rings. The molecule has 0 bridgehead atoms. The van der Waals surface area contributed by atoms with Crippen molar-refractivity contribution in [3.63, 3.8) is 0 Å². The smallest absolute Gasteiger partial charge is 0.176 e. The van der Waals surface area contributed by atoms with Gasteiger partial charge in [0, 0.05) is 13.1 Å². The fourth-order valence-corrected chi connectivity index (χ4v) is 2.33. The van der Waals surface area contributed by atoms with Crippen molar-refractivity contribution in [3.8, 4) is 17.6 Å². The van der Waals surface area contributed by atoms with Gasteiger partial charge in [0.1, 0.15) is 6.04 Å². The van der Waals surface area contributed by atoms with Crippen molar-refractivity contribution in [2.75, 3.05) is 33.4 Å². The van der Waals surface area contributed by atoms with Crippen LogP contribution in [0.3, 0.4) is 0 Å². The Morgan fingerprint density at radius 1 is 1.47 bits per heavy atom. The van der Waals surface area contributed by atoms with E-state index in [0.717, 1.165) is 0 Å². The van der Waals surface area contributed by atoms with Gasteiger partial charge in [-0.05, 0) is 17.7 Å². The van der Waals surface area contributed by atoms with Crippen LogP contribution < -0.4 is 4.74 Å². The highest BCUT2D eigenvalue weighted by Crippen LogP contribution is 2.37. The molecule has 5 nitrogen and oxygen atoms in total. The van der Waals surface area contributed by atoms with E-state index < -0.39 is 6.04 Å². The molecule has 6 heteroatoms. The van der Waals surface area contributed by atoms with Gasteiger partial charge in [-0.15, -0.1) is 0 Å². The minimum absolute atomic E-state index is 0.105. The van der Waals surface area contributed by atoms with E-state index >= 15 is 0 Å². The fraction of sp³-hybridized carbons (Fsp3) is 0.462. The van der Waals surface area contributed by atoms with Crippen LogP contribution in [0.2, 0.25) is 5.02 Å². The number of ether oxygens (including phenoxy) is 2. The number of phenolic OH excluding ortho intramolecular Hbond substituents is 1. The number of methoxy groups -OCH3 is 1. The van der Waals surface area contributed by atoms with Crippen LogP contribution in [-0.4, -0.2) is 43.4 Å². The predicted octanol–water partition coefficient (Wildman–Crippen LogP) is 1.95. The van der Waals surface area contributed by atoms with Gasteiger partial charge in [0.25, 0.3) is 0 Å². The number of nitrogens with zero attached hydrogens (tertiary/aromatic N) is 2. The number of halogens is 1. The Balaban J connectivity index is 2.33. The highest BCUT2D eigenvalue weighted by Gasteiger charge is 2.24. The lowest BCUT2D eigenvalue weighted by atomic mass is 10.1. The van der Waals surface area contributed by atoms with Gasteiger partial charge >= 0.3 is 0 Å². The van der Waals surface area contributed by atoms with Crippen molar-refractivity contribution in [1.29, 1.82) is 5.26 Å². The number of rotatable bonds is 3. The SMILES string of the molecule is COc1cc([C@@H](C#N)N2CCOCC2)cc(Cl)c1O. The zero-order valence-corrected chi connectivity index (χ0v) is 11.4. The Morgan fingerprint density at radius 2 is 2.16 bits per heavy atom. The van der Waals surface area contributed by atoms with Crippen LogP contribution >= 0.6 is 11.6 Å². The molecule has 1 heterocycles. The minimum Gasteiger partial charge on any atom is -0.503 e. The van der Waals surface area contributed by atoms with Gasteiger partial charge in [-0.2, -0.15) is 5.26 Å². The Labute approximate surface area is 116 Å². The Bertz CT molecular complexity index is 495. The number of hydrogen-bond donors (Lipinski definition) is 1. The summed E-state index contributed by atoms with van der Waals surface area (Å²) in [5, 5.41) is 19.3. The number of aromatic hydroxyl groups is 1.